The second-order valence-corrected chi connectivity index (χ2v) is 29.0. The number of rotatable bonds is 20. The van der Waals surface area contributed by atoms with Crippen molar-refractivity contribution in [1.29, 1.82) is 15.8 Å². The van der Waals surface area contributed by atoms with Crippen molar-refractivity contribution < 1.29 is 61.4 Å². The van der Waals surface area contributed by atoms with Gasteiger partial charge in [0.15, 0.2) is 0 Å². The van der Waals surface area contributed by atoms with E-state index >= 15 is 4.39 Å². The number of fused-ring (bicyclic) bond motifs is 3. The topological polar surface area (TPSA) is 268 Å². The predicted molar refractivity (Wildman–Crippen MR) is 422 cm³/mol. The molecule has 0 spiro atoms. The number of carbonyl (C=O) groups is 2. The minimum atomic E-state index is -3.42. The van der Waals surface area contributed by atoms with E-state index in [-0.39, 0.29) is 35.6 Å². The lowest BCUT2D eigenvalue weighted by molar-refractivity contribution is -0.133. The van der Waals surface area contributed by atoms with Crippen molar-refractivity contribution >= 4 is 44.5 Å². The first kappa shape index (κ1) is 76.7. The molecule has 1 atom stereocenters. The van der Waals surface area contributed by atoms with Crippen molar-refractivity contribution in [3.05, 3.63) is 222 Å². The van der Waals surface area contributed by atoms with E-state index in [0.717, 1.165) is 140 Å². The van der Waals surface area contributed by atoms with Crippen LogP contribution >= 0.6 is 0 Å². The van der Waals surface area contributed by atoms with Crippen molar-refractivity contribution in [2.45, 2.75) is 95.6 Å². The summed E-state index contributed by atoms with van der Waals surface area (Å²) in [6, 6.07) is 62.2. The van der Waals surface area contributed by atoms with Gasteiger partial charge in [-0.05, 0) is 193 Å². The molecule has 0 aliphatic carbocycles. The number of likely N-dealkylation sites (tertiary alicyclic amines) is 2. The van der Waals surface area contributed by atoms with Crippen LogP contribution in [0.2, 0.25) is 0 Å². The van der Waals surface area contributed by atoms with Gasteiger partial charge in [-0.15, -0.1) is 0 Å². The fraction of sp³-hybridized carbons (Fsp3) is 0.289. The maximum absolute atomic E-state index is 15.2. The summed E-state index contributed by atoms with van der Waals surface area (Å²) >= 11 is 0. The molecule has 4 aromatic heterocycles. The van der Waals surface area contributed by atoms with Crippen LogP contribution in [0.5, 0.6) is 23.0 Å². The molecule has 0 radical (unpaired) electrons. The van der Waals surface area contributed by atoms with Crippen LogP contribution in [0.1, 0.15) is 98.3 Å². The number of aromatic amines is 3. The number of hydrogen-bond acceptors (Lipinski definition) is 15. The fourth-order valence-corrected chi connectivity index (χ4v) is 14.7. The maximum Gasteiger partial charge on any atom is 0.307 e. The third kappa shape index (κ3) is 17.7. The van der Waals surface area contributed by atoms with E-state index in [1.807, 2.05) is 121 Å². The Hall–Kier alpha value is -12.1. The van der Waals surface area contributed by atoms with Gasteiger partial charge in [0.25, 0.3) is 0 Å². The number of hydrogen-bond donors (Lipinski definition) is 5. The van der Waals surface area contributed by atoms with Gasteiger partial charge in [-0.25, -0.2) is 9.37 Å². The zero-order chi connectivity index (χ0) is 78.0. The van der Waals surface area contributed by atoms with Gasteiger partial charge in [0, 0.05) is 114 Å². The monoisotopic (exact) mass is 1510 g/mol. The van der Waals surface area contributed by atoms with Crippen LogP contribution in [0, 0.1) is 39.8 Å². The number of Topliss-reactive ketones (excluding diaryl/α,β-unsaturated/α-hetero) is 1. The first-order valence-corrected chi connectivity index (χ1v) is 37.7. The van der Waals surface area contributed by atoms with E-state index < -0.39 is 23.9 Å². The fourth-order valence-electron chi connectivity index (χ4n) is 14.7. The first-order chi connectivity index (χ1) is 54.3. The Morgan fingerprint density at radius 3 is 1.62 bits per heavy atom. The summed E-state index contributed by atoms with van der Waals surface area (Å²) in [7, 11) is 0. The van der Waals surface area contributed by atoms with E-state index in [4.69, 9.17) is 33.5 Å². The second-order valence-electron chi connectivity index (χ2n) is 29.0. The molecule has 4 fully saturated rings. The average Bonchev–Trinajstić information content (AvgIpc) is 1.67. The number of nitrogens with zero attached hydrogens (tertiary/aromatic N) is 6. The molecule has 1 amide bonds. The van der Waals surface area contributed by atoms with E-state index in [1.165, 1.54) is 31.0 Å². The Balaban J connectivity index is 0.000000140. The van der Waals surface area contributed by atoms with Crippen LogP contribution in [-0.4, -0.2) is 148 Å². The number of halogens is 3. The molecule has 4 aliphatic heterocycles. The molecule has 112 heavy (non-hydrogen) atoms. The molecule has 4 saturated heterocycles. The summed E-state index contributed by atoms with van der Waals surface area (Å²) < 4.78 is 76.9. The average molecular weight is 1510 g/mol. The molecule has 0 bridgehead atoms. The number of aromatic nitrogens is 4. The Bertz CT molecular complexity index is 5510. The molecule has 8 aromatic carbocycles. The third-order valence-electron chi connectivity index (χ3n) is 20.8. The molecular weight excluding hydrogens is 1420 g/mol. The van der Waals surface area contributed by atoms with E-state index in [0.29, 0.717) is 110 Å². The van der Waals surface area contributed by atoms with Crippen LogP contribution in [0.3, 0.4) is 0 Å². The second kappa shape index (κ2) is 34.0. The Kier molecular flexibility index (Phi) is 23.3. The van der Waals surface area contributed by atoms with Gasteiger partial charge in [0.2, 0.25) is 11.7 Å². The molecular formula is C90H84F3N9O10. The number of nitriles is 3. The van der Waals surface area contributed by atoms with Crippen molar-refractivity contribution in [1.82, 2.24) is 29.7 Å². The summed E-state index contributed by atoms with van der Waals surface area (Å²) in [5, 5.41) is 51.4. The molecule has 4 aliphatic rings. The number of ether oxygens (including phenoxy) is 6. The lowest BCUT2D eigenvalue weighted by Gasteiger charge is -2.24. The summed E-state index contributed by atoms with van der Waals surface area (Å²) in [5.74, 6) is -2.87. The van der Waals surface area contributed by atoms with Gasteiger partial charge >= 0.3 is 5.92 Å². The van der Waals surface area contributed by atoms with Gasteiger partial charge in [-0.2, -0.15) is 24.6 Å². The largest absolute Gasteiger partial charge is 0.492 e. The molecule has 570 valence electrons. The van der Waals surface area contributed by atoms with Gasteiger partial charge < -0.3 is 58.5 Å². The number of H-pyrrole nitrogens is 3. The summed E-state index contributed by atoms with van der Waals surface area (Å²) in [6.45, 7) is 11.1. The Morgan fingerprint density at radius 1 is 0.562 bits per heavy atom. The highest BCUT2D eigenvalue weighted by molar-refractivity contribution is 6.03. The van der Waals surface area contributed by atoms with Crippen LogP contribution in [-0.2, 0) is 19.9 Å². The molecule has 16 rings (SSSR count). The van der Waals surface area contributed by atoms with Crippen molar-refractivity contribution in [3.63, 3.8) is 0 Å². The molecule has 12 aromatic rings. The first-order valence-electron chi connectivity index (χ1n) is 37.7. The molecule has 0 unspecified atom stereocenters. The quantitative estimate of drug-likeness (QED) is 0.0444. The highest BCUT2D eigenvalue weighted by Crippen LogP contribution is 2.41. The smallest absolute Gasteiger partial charge is 0.307 e. The number of carbonyl (C=O) groups excluding carboxylic acids is 2. The number of alkyl halides is 2. The SMILES string of the molecule is CC(C)(O)c1ccc(-c2cc3c(-c4ccc(O[C@@H]5CCN(C(=O)CO)C5)c(C#N)c4)cccc3[nH]2)cc1.CC(F)(F)C(=O)c1ccc(-c2cc3c(-c4ccc(OC5CCOCC5)c(C#N)c4)ccnc3[nH]2)cc1.N#Cc1cc(-c2c(F)ccc3[nH]c(-c4ccc(OCCN5CCCC5)cc4)cc23)ccc1OC1CCOCC1. The van der Waals surface area contributed by atoms with Gasteiger partial charge in [-0.1, -0.05) is 78.9 Å². The lowest BCUT2D eigenvalue weighted by atomic mass is 9.96. The van der Waals surface area contributed by atoms with Crippen LogP contribution in [0.4, 0.5) is 13.2 Å². The summed E-state index contributed by atoms with van der Waals surface area (Å²) in [6.07, 6.45) is 7.89. The van der Waals surface area contributed by atoms with Gasteiger partial charge in [0.1, 0.15) is 84.2 Å². The predicted octanol–water partition coefficient (Wildman–Crippen LogP) is 17.3. The highest BCUT2D eigenvalue weighted by atomic mass is 19.3. The summed E-state index contributed by atoms with van der Waals surface area (Å²) in [4.78, 5) is 42.2. The van der Waals surface area contributed by atoms with E-state index in [9.17, 15) is 39.3 Å². The highest BCUT2D eigenvalue weighted by Gasteiger charge is 2.34. The molecule has 8 heterocycles. The zero-order valence-corrected chi connectivity index (χ0v) is 62.3. The van der Waals surface area contributed by atoms with Gasteiger partial charge in [-0.3, -0.25) is 14.5 Å². The molecule has 5 N–H and O–H groups in total. The number of amides is 1. The Labute approximate surface area is 646 Å². The molecule has 22 heteroatoms. The number of benzene rings is 8. The number of ketones is 1. The lowest BCUT2D eigenvalue weighted by Crippen LogP contribution is -2.32. The van der Waals surface area contributed by atoms with Crippen molar-refractivity contribution in [2.75, 3.05) is 72.4 Å². The molecule has 0 saturated carbocycles. The maximum atomic E-state index is 15.2. The normalized spacial score (nSPS) is 15.5. The number of pyridine rings is 1. The third-order valence-corrected chi connectivity index (χ3v) is 20.8. The van der Waals surface area contributed by atoms with E-state index in [1.54, 1.807) is 61.3 Å². The minimum Gasteiger partial charge on any atom is -0.492 e. The van der Waals surface area contributed by atoms with Gasteiger partial charge in [0.05, 0.1) is 55.3 Å². The van der Waals surface area contributed by atoms with Crippen LogP contribution in [0.25, 0.3) is 100.0 Å². The van der Waals surface area contributed by atoms with Crippen molar-refractivity contribution in [3.8, 4) is 108 Å². The standard InChI is InChI=1S/C32H32FN3O3.C30H29N3O4.C28H23F2N3O3/c33-28-8-9-29-27(32(28)23-5-10-31(24(19-23)21-34)39-26-11-16-37-17-12-26)20-30(35-29)22-3-6-25(7-4-22)38-18-15-36-13-1-2-14-36;1-30(2,36)22-9-6-19(7-10-22)27-15-25-24(4-3-5-26(25)32-27)20-8-11-28(21(14-20)16-31)37-23-12-13-33(17-23)29(35)18-34;1-28(29,30)26(34)18-4-2-17(3-5-18)24-15-23-22(8-11-32-27(23)33-24)19-6-7-25(20(14-19)16-31)36-21-9-12-35-13-10-21/h3-10,19-20,26,35H,1-2,11-18H2;3-11,14-15,23,32,34,36H,12-13,17-18H2,1-2H3;2-8,11,14-15,21H,9-10,12-13H2,1H3,(H,32,33)/t;23-;/m.1./s1. The van der Waals surface area contributed by atoms with Crippen LogP contribution in [0.15, 0.2) is 188 Å². The number of aliphatic hydroxyl groups excluding tert-OH is 1. The summed E-state index contributed by atoms with van der Waals surface area (Å²) in [5.41, 5.74) is 13.7. The number of nitrogens with one attached hydrogen (secondary N) is 3. The number of aliphatic hydroxyl groups is 2. The van der Waals surface area contributed by atoms with E-state index in [2.05, 4.69) is 49.1 Å². The minimum absolute atomic E-state index is 0.0194. The van der Waals surface area contributed by atoms with Crippen molar-refractivity contribution in [2.24, 2.45) is 0 Å². The molecule has 19 nitrogen and oxygen atoms in total. The van der Waals surface area contributed by atoms with Crippen LogP contribution < -0.4 is 18.9 Å². The zero-order valence-electron chi connectivity index (χ0n) is 62.3. The Morgan fingerprint density at radius 2 is 1.06 bits per heavy atom.